The van der Waals surface area contributed by atoms with Crippen LogP contribution in [0, 0.1) is 0 Å². The number of piperazine rings is 1. The minimum Gasteiger partial charge on any atom is -0.387 e. The van der Waals surface area contributed by atoms with Crippen molar-refractivity contribution in [1.82, 2.24) is 14.7 Å². The summed E-state index contributed by atoms with van der Waals surface area (Å²) in [4.78, 5) is 18.8. The van der Waals surface area contributed by atoms with Crippen molar-refractivity contribution in [3.63, 3.8) is 0 Å². The van der Waals surface area contributed by atoms with E-state index < -0.39 is 6.10 Å². The molecule has 1 atom stereocenters. The lowest BCUT2D eigenvalue weighted by molar-refractivity contribution is -0.135. The zero-order valence-electron chi connectivity index (χ0n) is 14.8. The van der Waals surface area contributed by atoms with Crippen molar-refractivity contribution >= 4 is 5.91 Å². The van der Waals surface area contributed by atoms with Crippen LogP contribution in [-0.2, 0) is 9.53 Å². The zero-order valence-corrected chi connectivity index (χ0v) is 14.8. The van der Waals surface area contributed by atoms with Crippen LogP contribution in [0.3, 0.4) is 0 Å². The average Bonchev–Trinajstić information content (AvgIpc) is 2.68. The fourth-order valence-electron chi connectivity index (χ4n) is 3.45. The van der Waals surface area contributed by atoms with E-state index in [1.807, 2.05) is 35.2 Å². The van der Waals surface area contributed by atoms with Crippen LogP contribution in [0.1, 0.15) is 18.1 Å². The molecule has 1 amide bonds. The summed E-state index contributed by atoms with van der Waals surface area (Å²) in [6, 6.07) is 9.83. The molecule has 3 rings (SSSR count). The Balaban J connectivity index is 1.35. The molecule has 0 aromatic heterocycles. The second-order valence-corrected chi connectivity index (χ2v) is 6.81. The van der Waals surface area contributed by atoms with Gasteiger partial charge in [-0.25, -0.2) is 0 Å². The van der Waals surface area contributed by atoms with Crippen molar-refractivity contribution in [1.29, 1.82) is 0 Å². The summed E-state index contributed by atoms with van der Waals surface area (Å²) in [6.45, 7) is 8.06. The molecule has 0 spiro atoms. The van der Waals surface area contributed by atoms with Gasteiger partial charge in [0.25, 0.3) is 0 Å². The van der Waals surface area contributed by atoms with Crippen LogP contribution in [0.4, 0.5) is 0 Å². The number of aliphatic hydroxyl groups excluding tert-OH is 1. The van der Waals surface area contributed by atoms with E-state index in [0.717, 1.165) is 51.4 Å². The standard InChI is InChI=1S/C19H29N3O3/c23-18(17-4-2-1-3-5-17)16-21-10-8-20(9-11-21)7-6-19(24)22-12-14-25-15-13-22/h1-5,18,23H,6-16H2/t18-/m0/s1. The highest BCUT2D eigenvalue weighted by Crippen LogP contribution is 2.15. The molecule has 6 nitrogen and oxygen atoms in total. The summed E-state index contributed by atoms with van der Waals surface area (Å²) in [7, 11) is 0. The number of ether oxygens (including phenoxy) is 1. The molecule has 0 aliphatic carbocycles. The lowest BCUT2D eigenvalue weighted by Crippen LogP contribution is -2.48. The second-order valence-electron chi connectivity index (χ2n) is 6.81. The molecule has 2 heterocycles. The Kier molecular flexibility index (Phi) is 6.81. The highest BCUT2D eigenvalue weighted by atomic mass is 16.5. The van der Waals surface area contributed by atoms with Crippen LogP contribution in [0.2, 0.25) is 0 Å². The van der Waals surface area contributed by atoms with Gasteiger partial charge < -0.3 is 19.6 Å². The van der Waals surface area contributed by atoms with Crippen molar-refractivity contribution in [2.24, 2.45) is 0 Å². The molecule has 2 saturated heterocycles. The van der Waals surface area contributed by atoms with Crippen LogP contribution in [0.25, 0.3) is 0 Å². The van der Waals surface area contributed by atoms with Gasteiger partial charge in [-0.15, -0.1) is 0 Å². The van der Waals surface area contributed by atoms with Gasteiger partial charge in [-0.1, -0.05) is 30.3 Å². The molecule has 6 heteroatoms. The number of benzene rings is 1. The highest BCUT2D eigenvalue weighted by molar-refractivity contribution is 5.76. The first-order chi connectivity index (χ1) is 12.2. The molecule has 2 fully saturated rings. The van der Waals surface area contributed by atoms with Gasteiger partial charge >= 0.3 is 0 Å². The summed E-state index contributed by atoms with van der Waals surface area (Å²) in [5, 5.41) is 10.3. The molecule has 1 aromatic rings. The SMILES string of the molecule is O=C(CCN1CCN(C[C@H](O)c2ccccc2)CC1)N1CCOCC1. The minimum atomic E-state index is -0.435. The Labute approximate surface area is 150 Å². The Morgan fingerprint density at radius 2 is 1.64 bits per heavy atom. The fraction of sp³-hybridized carbons (Fsp3) is 0.632. The predicted molar refractivity (Wildman–Crippen MR) is 96.3 cm³/mol. The number of aliphatic hydroxyl groups is 1. The number of hydrogen-bond acceptors (Lipinski definition) is 5. The minimum absolute atomic E-state index is 0.241. The van der Waals surface area contributed by atoms with Gasteiger partial charge in [-0.3, -0.25) is 9.69 Å². The van der Waals surface area contributed by atoms with Crippen molar-refractivity contribution in [3.8, 4) is 0 Å². The molecular formula is C19H29N3O3. The van der Waals surface area contributed by atoms with Crippen LogP contribution in [0.5, 0.6) is 0 Å². The number of β-amino-alcohol motifs (C(OH)–C–C–N with tert-alkyl or cyclic N) is 1. The van der Waals surface area contributed by atoms with Gasteiger partial charge in [0.2, 0.25) is 5.91 Å². The maximum Gasteiger partial charge on any atom is 0.224 e. The van der Waals surface area contributed by atoms with Crippen LogP contribution < -0.4 is 0 Å². The van der Waals surface area contributed by atoms with E-state index in [1.165, 1.54) is 0 Å². The molecule has 1 aromatic carbocycles. The third-order valence-corrected chi connectivity index (χ3v) is 5.09. The van der Waals surface area contributed by atoms with Crippen molar-refractivity contribution in [2.45, 2.75) is 12.5 Å². The molecule has 25 heavy (non-hydrogen) atoms. The van der Waals surface area contributed by atoms with Crippen LogP contribution >= 0.6 is 0 Å². The number of hydrogen-bond donors (Lipinski definition) is 1. The maximum atomic E-state index is 12.2. The smallest absolute Gasteiger partial charge is 0.224 e. The van der Waals surface area contributed by atoms with E-state index in [9.17, 15) is 9.90 Å². The highest BCUT2D eigenvalue weighted by Gasteiger charge is 2.22. The third-order valence-electron chi connectivity index (χ3n) is 5.09. The van der Waals surface area contributed by atoms with Gasteiger partial charge in [-0.2, -0.15) is 0 Å². The molecule has 138 valence electrons. The van der Waals surface area contributed by atoms with E-state index in [-0.39, 0.29) is 5.91 Å². The summed E-state index contributed by atoms with van der Waals surface area (Å²) in [5.74, 6) is 0.241. The summed E-state index contributed by atoms with van der Waals surface area (Å²) < 4.78 is 5.29. The third kappa shape index (κ3) is 5.51. The zero-order chi connectivity index (χ0) is 17.5. The summed E-state index contributed by atoms with van der Waals surface area (Å²) >= 11 is 0. The molecule has 0 saturated carbocycles. The lowest BCUT2D eigenvalue weighted by Gasteiger charge is -2.36. The maximum absolute atomic E-state index is 12.2. The Bertz CT molecular complexity index is 526. The van der Waals surface area contributed by atoms with Gasteiger partial charge in [0.05, 0.1) is 19.3 Å². The number of rotatable bonds is 6. The number of carbonyl (C=O) groups is 1. The van der Waals surface area contributed by atoms with E-state index in [4.69, 9.17) is 4.74 Å². The van der Waals surface area contributed by atoms with Crippen molar-refractivity contribution in [3.05, 3.63) is 35.9 Å². The van der Waals surface area contributed by atoms with Crippen LogP contribution in [-0.4, -0.2) is 91.3 Å². The van der Waals surface area contributed by atoms with Gasteiger partial charge in [0, 0.05) is 58.8 Å². The number of morpholine rings is 1. The van der Waals surface area contributed by atoms with Gasteiger partial charge in [0.15, 0.2) is 0 Å². The molecule has 0 bridgehead atoms. The van der Waals surface area contributed by atoms with Crippen molar-refractivity contribution in [2.75, 3.05) is 65.6 Å². The molecular weight excluding hydrogens is 318 g/mol. The molecule has 1 N–H and O–H groups in total. The Morgan fingerprint density at radius 3 is 2.32 bits per heavy atom. The first-order valence-corrected chi connectivity index (χ1v) is 9.25. The van der Waals surface area contributed by atoms with E-state index in [0.29, 0.717) is 26.2 Å². The number of amides is 1. The van der Waals surface area contributed by atoms with E-state index >= 15 is 0 Å². The summed E-state index contributed by atoms with van der Waals surface area (Å²) in [5.41, 5.74) is 0.973. The molecule has 0 unspecified atom stereocenters. The monoisotopic (exact) mass is 347 g/mol. The second kappa shape index (κ2) is 9.29. The van der Waals surface area contributed by atoms with E-state index in [2.05, 4.69) is 9.80 Å². The quantitative estimate of drug-likeness (QED) is 0.816. The largest absolute Gasteiger partial charge is 0.387 e. The molecule has 2 aliphatic heterocycles. The molecule has 0 radical (unpaired) electrons. The van der Waals surface area contributed by atoms with Gasteiger partial charge in [0.1, 0.15) is 0 Å². The Hall–Kier alpha value is -1.47. The van der Waals surface area contributed by atoms with Crippen LogP contribution in [0.15, 0.2) is 30.3 Å². The topological polar surface area (TPSA) is 56.2 Å². The predicted octanol–water partition coefficient (Wildman–Crippen LogP) is 0.587. The first-order valence-electron chi connectivity index (χ1n) is 9.25. The number of carbonyl (C=O) groups excluding carboxylic acids is 1. The summed E-state index contributed by atoms with van der Waals surface area (Å²) in [6.07, 6.45) is 0.155. The average molecular weight is 347 g/mol. The lowest BCUT2D eigenvalue weighted by atomic mass is 10.1. The van der Waals surface area contributed by atoms with E-state index in [1.54, 1.807) is 0 Å². The van der Waals surface area contributed by atoms with Gasteiger partial charge in [-0.05, 0) is 5.56 Å². The van der Waals surface area contributed by atoms with Crippen molar-refractivity contribution < 1.29 is 14.6 Å². The number of nitrogens with zero attached hydrogens (tertiary/aromatic N) is 3. The Morgan fingerprint density at radius 1 is 1.00 bits per heavy atom. The molecule has 2 aliphatic rings. The normalized spacial score (nSPS) is 21.2. The fourth-order valence-corrected chi connectivity index (χ4v) is 3.45. The first kappa shape index (κ1) is 18.3.